The lowest BCUT2D eigenvalue weighted by molar-refractivity contribution is -0.137. The highest BCUT2D eigenvalue weighted by Crippen LogP contribution is 2.32. The van der Waals surface area contributed by atoms with Crippen LogP contribution in [-0.4, -0.2) is 84.6 Å². The van der Waals surface area contributed by atoms with E-state index in [9.17, 15) is 14.4 Å². The molecule has 2 aromatic carbocycles. The summed E-state index contributed by atoms with van der Waals surface area (Å²) in [5, 5.41) is 0.830. The Labute approximate surface area is 275 Å². The molecule has 0 aliphatic carbocycles. The van der Waals surface area contributed by atoms with Crippen molar-refractivity contribution >= 4 is 29.0 Å². The average molecular weight is 648 g/mol. The van der Waals surface area contributed by atoms with Crippen molar-refractivity contribution in [2.24, 2.45) is 0 Å². The normalized spacial score (nSPS) is 15.5. The van der Waals surface area contributed by atoms with E-state index in [2.05, 4.69) is 4.90 Å². The van der Waals surface area contributed by atoms with Gasteiger partial charge in [-0.05, 0) is 82.0 Å². The van der Waals surface area contributed by atoms with Gasteiger partial charge in [-0.3, -0.25) is 4.79 Å². The molecule has 47 heavy (non-hydrogen) atoms. The molecule has 252 valence electrons. The number of hydrogen-bond donors (Lipinski definition) is 0. The number of likely N-dealkylation sites (tertiary alicyclic amines) is 1. The van der Waals surface area contributed by atoms with Crippen LogP contribution in [0.15, 0.2) is 53.3 Å². The highest BCUT2D eigenvalue weighted by atomic mass is 16.6. The Balaban J connectivity index is 1.29. The number of carbonyl (C=O) groups excluding carboxylic acids is 2. The zero-order chi connectivity index (χ0) is 33.6. The summed E-state index contributed by atoms with van der Waals surface area (Å²) in [6.45, 7) is 11.7. The van der Waals surface area contributed by atoms with E-state index >= 15 is 0 Å². The number of methoxy groups -OCH3 is 1. The van der Waals surface area contributed by atoms with Crippen LogP contribution in [0.25, 0.3) is 17.0 Å². The Bertz CT molecular complexity index is 1670. The number of hydrogen-bond acceptors (Lipinski definition) is 9. The molecule has 0 spiro atoms. The van der Waals surface area contributed by atoms with Gasteiger partial charge >= 0.3 is 12.1 Å². The first-order valence-electron chi connectivity index (χ1n) is 16.2. The highest BCUT2D eigenvalue weighted by Gasteiger charge is 2.31. The van der Waals surface area contributed by atoms with Crippen LogP contribution < -0.4 is 19.8 Å². The van der Waals surface area contributed by atoms with Gasteiger partial charge in [-0.1, -0.05) is 6.07 Å². The Kier molecular flexibility index (Phi) is 10.8. The first kappa shape index (κ1) is 33.8. The fourth-order valence-corrected chi connectivity index (χ4v) is 5.97. The summed E-state index contributed by atoms with van der Waals surface area (Å²) >= 11 is 0. The van der Waals surface area contributed by atoms with Crippen LogP contribution in [-0.2, 0) is 27.4 Å². The number of fused-ring (bicyclic) bond motifs is 2. The first-order valence-corrected chi connectivity index (χ1v) is 16.2. The molecule has 1 saturated heterocycles. The van der Waals surface area contributed by atoms with E-state index in [0.717, 1.165) is 42.4 Å². The quantitative estimate of drug-likeness (QED) is 0.215. The summed E-state index contributed by atoms with van der Waals surface area (Å²) < 4.78 is 29.5. The van der Waals surface area contributed by atoms with Gasteiger partial charge in [-0.25, -0.2) is 9.59 Å². The summed E-state index contributed by atoms with van der Waals surface area (Å²) in [4.78, 5) is 42.9. The molecule has 0 bridgehead atoms. The van der Waals surface area contributed by atoms with Crippen molar-refractivity contribution in [2.75, 3.05) is 46.6 Å². The van der Waals surface area contributed by atoms with Crippen LogP contribution in [0.3, 0.4) is 0 Å². The van der Waals surface area contributed by atoms with Gasteiger partial charge in [0.1, 0.15) is 24.6 Å². The fraction of sp³-hybridized carbons (Fsp3) is 0.472. The minimum atomic E-state index is -0.619. The molecule has 1 fully saturated rings. The maximum absolute atomic E-state index is 13.5. The Morgan fingerprint density at radius 3 is 2.45 bits per heavy atom. The first-order chi connectivity index (χ1) is 22.5. The molecule has 11 nitrogen and oxygen atoms in total. The standard InChI is InChI=1S/C36H45N3O8/c1-6-44-34(41)12-8-26-22-33(40)38(30-23-28(43-5)9-10-29(26)30)18-17-37-15-13-27(14-16-37)39(35(42)47-36(2,3)4)24-25-7-11-31-32(21-25)46-20-19-45-31/h7-12,21-23,27H,6,13-20,24H2,1-5H3/b12-8+. The summed E-state index contributed by atoms with van der Waals surface area (Å²) in [5.41, 5.74) is 1.53. The Morgan fingerprint density at radius 1 is 1.00 bits per heavy atom. The van der Waals surface area contributed by atoms with Gasteiger partial charge in [0.2, 0.25) is 0 Å². The van der Waals surface area contributed by atoms with Crippen LogP contribution in [0.4, 0.5) is 4.79 Å². The number of pyridine rings is 1. The number of benzene rings is 2. The maximum Gasteiger partial charge on any atom is 0.410 e. The molecular formula is C36H45N3O8. The van der Waals surface area contributed by atoms with Crippen LogP contribution in [0.5, 0.6) is 17.2 Å². The van der Waals surface area contributed by atoms with E-state index in [1.807, 2.05) is 62.1 Å². The van der Waals surface area contributed by atoms with Gasteiger partial charge in [-0.15, -0.1) is 0 Å². The third-order valence-corrected chi connectivity index (χ3v) is 8.26. The number of rotatable bonds is 10. The minimum Gasteiger partial charge on any atom is -0.497 e. The van der Waals surface area contributed by atoms with Gasteiger partial charge in [-0.2, -0.15) is 0 Å². The van der Waals surface area contributed by atoms with Crippen molar-refractivity contribution in [2.45, 2.75) is 65.3 Å². The van der Waals surface area contributed by atoms with Crippen molar-refractivity contribution in [1.82, 2.24) is 14.4 Å². The predicted octanol–water partition coefficient (Wildman–Crippen LogP) is 5.26. The third-order valence-electron chi connectivity index (χ3n) is 8.26. The third kappa shape index (κ3) is 8.65. The molecule has 1 aromatic heterocycles. The SMILES string of the molecule is CCOC(=O)/C=C/c1cc(=O)n(CCN2CCC(N(Cc3ccc4c(c3)OCCO4)C(=O)OC(C)(C)C)CC2)c2cc(OC)ccc12. The van der Waals surface area contributed by atoms with E-state index < -0.39 is 11.6 Å². The van der Waals surface area contributed by atoms with E-state index in [-0.39, 0.29) is 24.3 Å². The van der Waals surface area contributed by atoms with E-state index in [0.29, 0.717) is 55.7 Å². The van der Waals surface area contributed by atoms with Gasteiger partial charge in [0.05, 0.1) is 19.2 Å². The van der Waals surface area contributed by atoms with Gasteiger partial charge in [0.15, 0.2) is 11.5 Å². The smallest absolute Gasteiger partial charge is 0.410 e. The lowest BCUT2D eigenvalue weighted by Gasteiger charge is -2.39. The molecule has 5 rings (SSSR count). The second-order valence-corrected chi connectivity index (χ2v) is 12.7. The maximum atomic E-state index is 13.5. The molecule has 1 amide bonds. The number of piperidine rings is 1. The topological polar surface area (TPSA) is 109 Å². The largest absolute Gasteiger partial charge is 0.497 e. The molecular weight excluding hydrogens is 602 g/mol. The van der Waals surface area contributed by atoms with Crippen LogP contribution in [0.1, 0.15) is 51.7 Å². The fourth-order valence-electron chi connectivity index (χ4n) is 5.97. The van der Waals surface area contributed by atoms with Gasteiger partial charge < -0.3 is 38.1 Å². The van der Waals surface area contributed by atoms with Crippen LogP contribution in [0.2, 0.25) is 0 Å². The van der Waals surface area contributed by atoms with Crippen LogP contribution in [0, 0.1) is 0 Å². The molecule has 0 saturated carbocycles. The Morgan fingerprint density at radius 2 is 1.74 bits per heavy atom. The molecule has 3 aromatic rings. The molecule has 2 aliphatic heterocycles. The highest BCUT2D eigenvalue weighted by molar-refractivity contribution is 5.94. The molecule has 0 atom stereocenters. The molecule has 0 unspecified atom stereocenters. The van der Waals surface area contributed by atoms with Crippen LogP contribution >= 0.6 is 0 Å². The second-order valence-electron chi connectivity index (χ2n) is 12.7. The minimum absolute atomic E-state index is 0.00687. The van der Waals surface area contributed by atoms with Gasteiger partial charge in [0.25, 0.3) is 5.56 Å². The molecule has 2 aliphatic rings. The zero-order valence-corrected chi connectivity index (χ0v) is 28.0. The average Bonchev–Trinajstić information content (AvgIpc) is 3.05. The molecule has 0 radical (unpaired) electrons. The molecule has 3 heterocycles. The van der Waals surface area contributed by atoms with E-state index in [1.165, 1.54) is 6.08 Å². The molecule has 11 heteroatoms. The number of ether oxygens (including phenoxy) is 5. The van der Waals surface area contributed by atoms with Crippen molar-refractivity contribution in [3.8, 4) is 17.2 Å². The summed E-state index contributed by atoms with van der Waals surface area (Å²) in [6.07, 6.45) is 4.15. The van der Waals surface area contributed by atoms with E-state index in [1.54, 1.807) is 30.7 Å². The second kappa shape index (κ2) is 14.9. The number of aromatic nitrogens is 1. The van der Waals surface area contributed by atoms with Crippen molar-refractivity contribution in [1.29, 1.82) is 0 Å². The van der Waals surface area contributed by atoms with Crippen molar-refractivity contribution in [3.63, 3.8) is 0 Å². The summed E-state index contributed by atoms with van der Waals surface area (Å²) in [7, 11) is 1.59. The lowest BCUT2D eigenvalue weighted by atomic mass is 10.0. The number of nitrogens with zero attached hydrogens (tertiary/aromatic N) is 3. The van der Waals surface area contributed by atoms with Crippen molar-refractivity contribution < 1.29 is 33.3 Å². The predicted molar refractivity (Wildman–Crippen MR) is 179 cm³/mol. The van der Waals surface area contributed by atoms with E-state index in [4.69, 9.17) is 23.7 Å². The Hall–Kier alpha value is -4.51. The summed E-state index contributed by atoms with van der Waals surface area (Å²) in [5.74, 6) is 1.58. The molecule has 0 N–H and O–H groups in total. The lowest BCUT2D eigenvalue weighted by Crippen LogP contribution is -2.49. The number of carbonyl (C=O) groups is 2. The van der Waals surface area contributed by atoms with Gasteiger partial charge in [0, 0.05) is 62.4 Å². The van der Waals surface area contributed by atoms with Crippen molar-refractivity contribution in [3.05, 3.63) is 70.0 Å². The zero-order valence-electron chi connectivity index (χ0n) is 28.0. The number of esters is 1. The number of amides is 1. The summed E-state index contributed by atoms with van der Waals surface area (Å²) in [6, 6.07) is 12.9. The monoisotopic (exact) mass is 647 g/mol.